The molecular weight excluding hydrogens is 834 g/mol. The van der Waals surface area contributed by atoms with Crippen LogP contribution in [0.4, 0.5) is 18.3 Å². The highest BCUT2D eigenvalue weighted by Gasteiger charge is 2.57. The number of nitrogens with zero attached hydrogens (tertiary/aromatic N) is 5. The molecule has 59 heavy (non-hydrogen) atoms. The number of hydrogen-bond acceptors (Lipinski definition) is 17. The number of β-lactam (4-membered cyclic amide) rings is 1. The topological polar surface area (TPSA) is 298 Å². The lowest BCUT2D eigenvalue weighted by Crippen LogP contribution is -2.68. The quantitative estimate of drug-likeness (QED) is 0.0220. The van der Waals surface area contributed by atoms with E-state index in [1.807, 2.05) is 24.3 Å². The van der Waals surface area contributed by atoms with Gasteiger partial charge in [0.05, 0.1) is 36.4 Å². The molecule has 324 valence electrons. The molecule has 0 radical (unpaired) electrons. The van der Waals surface area contributed by atoms with Crippen molar-refractivity contribution in [3.8, 4) is 16.9 Å². The second-order valence-corrected chi connectivity index (χ2v) is 15.7. The van der Waals surface area contributed by atoms with Crippen molar-refractivity contribution in [1.82, 2.24) is 20.0 Å². The van der Waals surface area contributed by atoms with E-state index in [4.69, 9.17) is 30.9 Å². The number of Topliss-reactive ketones (excluding diaryl/α,β-unsaturated/α-hetero) is 1. The highest BCUT2D eigenvalue weighted by molar-refractivity contribution is 7.80. The fourth-order valence-electron chi connectivity index (χ4n) is 5.82. The fraction of sp³-hybridized carbons (Fsp3) is 0.500. The summed E-state index contributed by atoms with van der Waals surface area (Å²) >= 11 is 1.00. The molecule has 2 aromatic heterocycles. The number of carbonyl (C=O) groups excluding carboxylic acids is 3. The molecular formula is C34H42F3N8O12S2-. The zero-order valence-corrected chi connectivity index (χ0v) is 33.3. The predicted molar refractivity (Wildman–Crippen MR) is 196 cm³/mol. The number of amides is 1. The number of thiazole rings is 1. The van der Waals surface area contributed by atoms with Crippen LogP contribution in [-0.4, -0.2) is 106 Å². The number of nitrogens with two attached hydrogens (primary N) is 2. The number of carboxylic acids is 2. The molecule has 2 saturated heterocycles. The summed E-state index contributed by atoms with van der Waals surface area (Å²) < 4.78 is 79.2. The molecule has 0 bridgehead atoms. The third-order valence-electron chi connectivity index (χ3n) is 9.11. The normalized spacial score (nSPS) is 17.3. The van der Waals surface area contributed by atoms with Crippen LogP contribution in [0.25, 0.3) is 11.1 Å². The van der Waals surface area contributed by atoms with E-state index in [-0.39, 0.29) is 36.0 Å². The summed E-state index contributed by atoms with van der Waals surface area (Å²) in [5, 5.41) is 27.6. The van der Waals surface area contributed by atoms with Crippen molar-refractivity contribution >= 4 is 56.2 Å². The van der Waals surface area contributed by atoms with Crippen LogP contribution < -0.4 is 31.3 Å². The minimum atomic E-state index is -5.23. The molecule has 5 rings (SSSR count). The van der Waals surface area contributed by atoms with Gasteiger partial charge in [-0.1, -0.05) is 17.3 Å². The lowest BCUT2D eigenvalue weighted by atomic mass is 9.74. The molecule has 0 aliphatic carbocycles. The van der Waals surface area contributed by atoms with E-state index in [0.717, 1.165) is 55.1 Å². The maximum atomic E-state index is 13.4. The van der Waals surface area contributed by atoms with Crippen LogP contribution in [0.5, 0.6) is 5.75 Å². The van der Waals surface area contributed by atoms with Gasteiger partial charge < -0.3 is 45.9 Å². The van der Waals surface area contributed by atoms with E-state index >= 15 is 0 Å². The van der Waals surface area contributed by atoms with E-state index in [1.165, 1.54) is 19.2 Å². The Balaban J connectivity index is 0.00000101. The van der Waals surface area contributed by atoms with Gasteiger partial charge in [-0.15, -0.1) is 16.0 Å². The molecule has 2 atom stereocenters. The van der Waals surface area contributed by atoms with Gasteiger partial charge in [-0.3, -0.25) is 9.59 Å². The van der Waals surface area contributed by atoms with Crippen LogP contribution in [0.2, 0.25) is 0 Å². The summed E-state index contributed by atoms with van der Waals surface area (Å²) in [6.07, 6.45) is -1.75. The van der Waals surface area contributed by atoms with Crippen molar-refractivity contribution < 1.29 is 74.1 Å². The summed E-state index contributed by atoms with van der Waals surface area (Å²) in [6, 6.07) is 7.62. The molecule has 20 nitrogen and oxygen atoms in total. The number of carbonyl (C=O) groups is 4. The number of rotatable bonds is 20. The van der Waals surface area contributed by atoms with Crippen molar-refractivity contribution in [2.24, 2.45) is 22.7 Å². The average molecular weight is 876 g/mol. The highest BCUT2D eigenvalue weighted by atomic mass is 32.3. The molecule has 4 heterocycles. The number of anilines is 1. The van der Waals surface area contributed by atoms with E-state index in [1.54, 1.807) is 0 Å². The number of alkyl halides is 3. The number of hydroxylamine groups is 2. The van der Waals surface area contributed by atoms with Crippen molar-refractivity contribution in [3.63, 3.8) is 0 Å². The Kier molecular flexibility index (Phi) is 15.5. The minimum Gasteiger partial charge on any atom is -0.724 e. The first-order valence-corrected chi connectivity index (χ1v) is 20.0. The molecule has 1 aromatic carbocycles. The van der Waals surface area contributed by atoms with E-state index < -0.39 is 64.2 Å². The monoisotopic (exact) mass is 875 g/mol. The van der Waals surface area contributed by atoms with Gasteiger partial charge in [0, 0.05) is 37.2 Å². The number of benzene rings is 1. The van der Waals surface area contributed by atoms with Gasteiger partial charge in [0.1, 0.15) is 17.4 Å². The molecule has 3 aromatic rings. The number of hydrogen-bond donors (Lipinski definition) is 4. The Bertz CT molecular complexity index is 2110. The number of ketones is 1. The molecule has 2 fully saturated rings. The first-order valence-electron chi connectivity index (χ1n) is 17.8. The molecule has 0 spiro atoms. The molecule has 1 amide bonds. The standard InChI is InChI=1S/C32H42N8O10S2.C2HF3O2/c1-32(2)24(29(42)40(32)50-52(45,46)47)13-26(41)28(25-19-51-31(34)36-25)37-49-27(30(43)44)5-3-12-48-23-8-6-21(7-9-23)22-17-38(11-4-10-33)39(18-22)16-20-14-35-15-20;3-2(4,5)1(6)7/h6-9,17-20,24,27,35H,3-5,10-16,33H2,1-2H3,(H3-,34,36,43,44,45,46,47);(H,6,7)/p-1/b37-28-;/t24-,27+;/m1./s1. The predicted octanol–water partition coefficient (Wildman–Crippen LogP) is -0.0308. The Labute approximate surface area is 339 Å². The lowest BCUT2D eigenvalue weighted by molar-refractivity contribution is -0.781. The summed E-state index contributed by atoms with van der Waals surface area (Å²) in [6.45, 7) is 7.38. The minimum absolute atomic E-state index is 0.000784. The van der Waals surface area contributed by atoms with Crippen LogP contribution in [0.3, 0.4) is 0 Å². The molecule has 25 heteroatoms. The SMILES string of the molecule is CC1(C)[C@H](CC(=O)/C(=N\O[C@@H](CCCOc2ccc(-c3cn(CCCN)[n+](CC4CNC4)c3)cc2)C(=O)O)c2csc(N)n2)C(=O)N1OS(=O)(=O)[O-].O=C([O-])C(F)(F)F. The number of aliphatic carboxylic acids is 2. The van der Waals surface area contributed by atoms with Crippen LogP contribution in [0.15, 0.2) is 47.2 Å². The van der Waals surface area contributed by atoms with E-state index in [2.05, 4.69) is 41.5 Å². The number of halogens is 3. The van der Waals surface area contributed by atoms with E-state index in [9.17, 15) is 45.6 Å². The largest absolute Gasteiger partial charge is 0.724 e. The molecule has 0 unspecified atom stereocenters. The molecule has 2 aliphatic rings. The van der Waals surface area contributed by atoms with Gasteiger partial charge in [0.15, 0.2) is 23.2 Å². The first kappa shape index (κ1) is 46.5. The van der Waals surface area contributed by atoms with Crippen molar-refractivity contribution in [2.75, 3.05) is 32.0 Å². The second kappa shape index (κ2) is 19.7. The van der Waals surface area contributed by atoms with E-state index in [0.29, 0.717) is 23.3 Å². The van der Waals surface area contributed by atoms with Crippen molar-refractivity contribution in [3.05, 3.63) is 47.7 Å². The number of carboxylic acid groups (broad SMARTS) is 2. The van der Waals surface area contributed by atoms with Crippen molar-refractivity contribution in [1.29, 1.82) is 0 Å². The molecule has 6 N–H and O–H groups in total. The number of oxime groups is 1. The fourth-order valence-corrected chi connectivity index (χ4v) is 6.82. The second-order valence-electron chi connectivity index (χ2n) is 13.9. The Hall–Kier alpha value is -5.21. The van der Waals surface area contributed by atoms with Gasteiger partial charge in [-0.2, -0.15) is 27.2 Å². The summed E-state index contributed by atoms with van der Waals surface area (Å²) in [5.41, 5.74) is 11.9. The van der Waals surface area contributed by atoms with Gasteiger partial charge in [0.2, 0.25) is 22.7 Å². The summed E-state index contributed by atoms with van der Waals surface area (Å²) in [7, 11) is -5.23. The zero-order valence-electron chi connectivity index (χ0n) is 31.6. The van der Waals surface area contributed by atoms with Gasteiger partial charge in [0.25, 0.3) is 5.91 Å². The van der Waals surface area contributed by atoms with Crippen LogP contribution in [0, 0.1) is 11.8 Å². The van der Waals surface area contributed by atoms with Gasteiger partial charge in [-0.05, 0) is 50.9 Å². The van der Waals surface area contributed by atoms with Crippen LogP contribution in [-0.2, 0) is 51.8 Å². The number of aromatic nitrogens is 3. The number of aryl methyl sites for hydroxylation is 1. The Morgan fingerprint density at radius 1 is 1.19 bits per heavy atom. The number of nitrogen functional groups attached to an aromatic ring is 1. The Morgan fingerprint density at radius 3 is 2.36 bits per heavy atom. The smallest absolute Gasteiger partial charge is 0.430 e. The maximum Gasteiger partial charge on any atom is 0.430 e. The Morgan fingerprint density at radius 2 is 1.85 bits per heavy atom. The average Bonchev–Trinajstić information content (AvgIpc) is 3.76. The number of nitrogens with one attached hydrogen (secondary N) is 1. The lowest BCUT2D eigenvalue weighted by Gasteiger charge is -2.51. The third-order valence-corrected chi connectivity index (χ3v) is 10.1. The number of ether oxygens (including phenoxy) is 1. The highest BCUT2D eigenvalue weighted by Crippen LogP contribution is 2.40. The summed E-state index contributed by atoms with van der Waals surface area (Å²) in [4.78, 5) is 56.1. The third kappa shape index (κ3) is 12.9. The van der Waals surface area contributed by atoms with Crippen LogP contribution in [0.1, 0.15) is 45.2 Å². The van der Waals surface area contributed by atoms with Gasteiger partial charge in [-0.25, -0.2) is 18.2 Å². The maximum absolute atomic E-state index is 13.4. The summed E-state index contributed by atoms with van der Waals surface area (Å²) in [5.74, 6) is -5.88. The zero-order chi connectivity index (χ0) is 43.7. The van der Waals surface area contributed by atoms with Crippen molar-refractivity contribution in [2.45, 2.75) is 70.4 Å². The van der Waals surface area contributed by atoms with Crippen LogP contribution >= 0.6 is 11.3 Å². The molecule has 2 aliphatic heterocycles. The van der Waals surface area contributed by atoms with Gasteiger partial charge >= 0.3 is 12.1 Å². The first-order chi connectivity index (χ1) is 27.6. The molecule has 0 saturated carbocycles.